The molecule has 33 heavy (non-hydrogen) atoms. The normalized spacial score (nSPS) is 14.6. The highest BCUT2D eigenvalue weighted by atomic mass is 32.2. The summed E-state index contributed by atoms with van der Waals surface area (Å²) < 4.78 is 30.4. The number of carbonyl (C=O) groups is 1. The van der Waals surface area contributed by atoms with Crippen LogP contribution < -0.4 is 11.0 Å². The summed E-state index contributed by atoms with van der Waals surface area (Å²) in [5.41, 5.74) is 1.55. The van der Waals surface area contributed by atoms with Crippen molar-refractivity contribution in [2.75, 3.05) is 18.4 Å². The van der Waals surface area contributed by atoms with Crippen LogP contribution in [0.15, 0.2) is 52.2 Å². The number of aromatic nitrogens is 2. The predicted octanol–water partition coefficient (Wildman–Crippen LogP) is 2.68. The van der Waals surface area contributed by atoms with Gasteiger partial charge in [-0.3, -0.25) is 13.9 Å². The third-order valence-corrected chi connectivity index (χ3v) is 7.65. The fourth-order valence-corrected chi connectivity index (χ4v) is 5.66. The van der Waals surface area contributed by atoms with E-state index in [0.717, 1.165) is 12.8 Å². The number of imidazole rings is 1. The average molecular weight is 468 g/mol. The van der Waals surface area contributed by atoms with Crippen LogP contribution in [0.25, 0.3) is 11.0 Å². The number of hydrogen-bond acceptors (Lipinski definition) is 5. The minimum atomic E-state index is -3.67. The molecule has 1 aromatic heterocycles. The van der Waals surface area contributed by atoms with Gasteiger partial charge in [0, 0.05) is 24.8 Å². The molecule has 9 nitrogen and oxygen atoms in total. The van der Waals surface area contributed by atoms with Gasteiger partial charge in [0.2, 0.25) is 15.9 Å². The standard InChI is InChI=1S/C23H25N5O4S/c1-16(2)28-20-10-9-19(33(31,32)26-11-3-4-12-26)13-21(20)27(23(28)30)15-22(29)25-18-7-5-17(14-24)6-8-18/h5-10,13,16H,3-4,11-12,15H2,1-2H3,(H,25,29). The minimum absolute atomic E-state index is 0.110. The number of anilines is 1. The van der Waals surface area contributed by atoms with E-state index in [4.69, 9.17) is 5.26 Å². The molecular formula is C23H25N5O4S. The zero-order valence-electron chi connectivity index (χ0n) is 18.5. The first-order valence-electron chi connectivity index (χ1n) is 10.8. The number of hydrogen-bond donors (Lipinski definition) is 1. The summed E-state index contributed by atoms with van der Waals surface area (Å²) in [5, 5.41) is 11.6. The molecule has 1 fully saturated rings. The first-order chi connectivity index (χ1) is 15.7. The quantitative estimate of drug-likeness (QED) is 0.598. The van der Waals surface area contributed by atoms with Crippen molar-refractivity contribution in [2.24, 2.45) is 0 Å². The third kappa shape index (κ3) is 4.29. The topological polar surface area (TPSA) is 117 Å². The summed E-state index contributed by atoms with van der Waals surface area (Å²) in [6.07, 6.45) is 1.65. The van der Waals surface area contributed by atoms with Crippen LogP contribution in [0.3, 0.4) is 0 Å². The lowest BCUT2D eigenvalue weighted by atomic mass is 10.2. The minimum Gasteiger partial charge on any atom is -0.325 e. The summed E-state index contributed by atoms with van der Waals surface area (Å²) in [6, 6.07) is 12.9. The van der Waals surface area contributed by atoms with E-state index in [9.17, 15) is 18.0 Å². The Labute approximate surface area is 191 Å². The van der Waals surface area contributed by atoms with Gasteiger partial charge in [-0.25, -0.2) is 13.2 Å². The fraction of sp³-hybridized carbons (Fsp3) is 0.348. The van der Waals surface area contributed by atoms with Gasteiger partial charge in [0.05, 0.1) is 27.6 Å². The molecule has 0 radical (unpaired) electrons. The Bertz CT molecular complexity index is 1410. The first-order valence-corrected chi connectivity index (χ1v) is 12.2. The van der Waals surface area contributed by atoms with Crippen LogP contribution in [0, 0.1) is 11.3 Å². The van der Waals surface area contributed by atoms with Gasteiger partial charge in [0.1, 0.15) is 6.54 Å². The van der Waals surface area contributed by atoms with Gasteiger partial charge in [-0.05, 0) is 69.2 Å². The van der Waals surface area contributed by atoms with Gasteiger partial charge in [0.15, 0.2) is 0 Å². The van der Waals surface area contributed by atoms with Crippen molar-refractivity contribution in [3.05, 3.63) is 58.5 Å². The van der Waals surface area contributed by atoms with Crippen molar-refractivity contribution in [1.29, 1.82) is 5.26 Å². The number of rotatable bonds is 6. The number of amides is 1. The van der Waals surface area contributed by atoms with E-state index in [1.807, 2.05) is 19.9 Å². The number of benzene rings is 2. The van der Waals surface area contributed by atoms with Crippen LogP contribution in [0.5, 0.6) is 0 Å². The lowest BCUT2D eigenvalue weighted by Crippen LogP contribution is -2.30. The van der Waals surface area contributed by atoms with Gasteiger partial charge in [-0.2, -0.15) is 9.57 Å². The molecule has 4 rings (SSSR count). The summed E-state index contributed by atoms with van der Waals surface area (Å²) in [4.78, 5) is 26.0. The lowest BCUT2D eigenvalue weighted by Gasteiger charge is -2.16. The summed E-state index contributed by atoms with van der Waals surface area (Å²) in [6.45, 7) is 4.40. The van der Waals surface area contributed by atoms with Crippen LogP contribution in [0.4, 0.5) is 5.69 Å². The van der Waals surface area contributed by atoms with E-state index in [0.29, 0.717) is 35.4 Å². The maximum absolute atomic E-state index is 13.2. The maximum atomic E-state index is 13.2. The van der Waals surface area contributed by atoms with Gasteiger partial charge >= 0.3 is 5.69 Å². The van der Waals surface area contributed by atoms with Crippen molar-refractivity contribution in [3.63, 3.8) is 0 Å². The monoisotopic (exact) mass is 467 g/mol. The van der Waals surface area contributed by atoms with E-state index in [2.05, 4.69) is 5.32 Å². The molecule has 0 aliphatic carbocycles. The van der Waals surface area contributed by atoms with Crippen LogP contribution in [0.2, 0.25) is 0 Å². The van der Waals surface area contributed by atoms with Gasteiger partial charge in [0.25, 0.3) is 0 Å². The summed E-state index contributed by atoms with van der Waals surface area (Å²) in [7, 11) is -3.67. The number of nitriles is 1. The molecule has 1 N–H and O–H groups in total. The molecular weight excluding hydrogens is 442 g/mol. The number of sulfonamides is 1. The smallest absolute Gasteiger partial charge is 0.325 e. The van der Waals surface area contributed by atoms with Gasteiger partial charge < -0.3 is 5.32 Å². The predicted molar refractivity (Wildman–Crippen MR) is 124 cm³/mol. The Morgan fingerprint density at radius 1 is 1.09 bits per heavy atom. The fourth-order valence-electron chi connectivity index (χ4n) is 4.12. The highest BCUT2D eigenvalue weighted by molar-refractivity contribution is 7.89. The number of fused-ring (bicyclic) bond motifs is 1. The third-order valence-electron chi connectivity index (χ3n) is 5.75. The molecule has 1 aliphatic heterocycles. The molecule has 0 saturated carbocycles. The molecule has 0 bridgehead atoms. The van der Waals surface area contributed by atoms with E-state index < -0.39 is 15.9 Å². The van der Waals surface area contributed by atoms with Crippen LogP contribution in [-0.4, -0.2) is 40.9 Å². The van der Waals surface area contributed by atoms with Gasteiger partial charge in [-0.1, -0.05) is 0 Å². The maximum Gasteiger partial charge on any atom is 0.329 e. The van der Waals surface area contributed by atoms with Gasteiger partial charge in [-0.15, -0.1) is 0 Å². The molecule has 172 valence electrons. The Morgan fingerprint density at radius 2 is 1.76 bits per heavy atom. The number of nitrogens with one attached hydrogen (secondary N) is 1. The molecule has 2 heterocycles. The van der Waals surface area contributed by atoms with E-state index in [-0.39, 0.29) is 23.2 Å². The van der Waals surface area contributed by atoms with Crippen molar-refractivity contribution in [1.82, 2.24) is 13.4 Å². The lowest BCUT2D eigenvalue weighted by molar-refractivity contribution is -0.116. The molecule has 3 aromatic rings. The van der Waals surface area contributed by atoms with Crippen molar-refractivity contribution in [2.45, 2.75) is 44.2 Å². The van der Waals surface area contributed by atoms with Crippen LogP contribution in [0.1, 0.15) is 38.3 Å². The molecule has 0 spiro atoms. The van der Waals surface area contributed by atoms with Crippen molar-refractivity contribution in [3.8, 4) is 6.07 Å². The zero-order chi connectivity index (χ0) is 23.8. The van der Waals surface area contributed by atoms with Crippen molar-refractivity contribution >= 4 is 32.7 Å². The average Bonchev–Trinajstić information content (AvgIpc) is 3.42. The van der Waals surface area contributed by atoms with Crippen molar-refractivity contribution < 1.29 is 13.2 Å². The Hall–Kier alpha value is -3.42. The molecule has 10 heteroatoms. The first kappa shape index (κ1) is 22.8. The molecule has 0 unspecified atom stereocenters. The van der Waals surface area contributed by atoms with E-state index in [1.165, 1.54) is 21.0 Å². The van der Waals surface area contributed by atoms with Crippen LogP contribution >= 0.6 is 0 Å². The summed E-state index contributed by atoms with van der Waals surface area (Å²) in [5.74, 6) is -0.433. The Morgan fingerprint density at radius 3 is 2.36 bits per heavy atom. The highest BCUT2D eigenvalue weighted by Crippen LogP contribution is 2.25. The second-order valence-corrected chi connectivity index (χ2v) is 10.3. The number of carbonyl (C=O) groups excluding carboxylic acids is 1. The number of nitrogens with zero attached hydrogens (tertiary/aromatic N) is 4. The largest absolute Gasteiger partial charge is 0.329 e. The second-order valence-electron chi connectivity index (χ2n) is 8.33. The molecule has 1 saturated heterocycles. The van der Waals surface area contributed by atoms with Crippen LogP contribution in [-0.2, 0) is 21.4 Å². The van der Waals surface area contributed by atoms with E-state index in [1.54, 1.807) is 34.9 Å². The molecule has 2 aromatic carbocycles. The molecule has 0 atom stereocenters. The summed E-state index contributed by atoms with van der Waals surface area (Å²) >= 11 is 0. The SMILES string of the molecule is CC(C)n1c(=O)n(CC(=O)Nc2ccc(C#N)cc2)c2cc(S(=O)(=O)N3CCCC3)ccc21. The Balaban J connectivity index is 1.72. The highest BCUT2D eigenvalue weighted by Gasteiger charge is 2.28. The molecule has 1 aliphatic rings. The second kappa shape index (κ2) is 8.84. The zero-order valence-corrected chi connectivity index (χ0v) is 19.3. The molecule has 1 amide bonds. The van der Waals surface area contributed by atoms with E-state index >= 15 is 0 Å². The Kier molecular flexibility index (Phi) is 6.10.